The Balaban J connectivity index is 1.97. The van der Waals surface area contributed by atoms with Crippen molar-refractivity contribution in [3.8, 4) is 5.75 Å². The van der Waals surface area contributed by atoms with Crippen molar-refractivity contribution in [2.45, 2.75) is 13.0 Å². The summed E-state index contributed by atoms with van der Waals surface area (Å²) in [5, 5.41) is 0. The van der Waals surface area contributed by atoms with E-state index in [0.29, 0.717) is 11.3 Å². The maximum atomic E-state index is 13.4. The zero-order valence-electron chi connectivity index (χ0n) is 13.4. The third-order valence-corrected chi connectivity index (χ3v) is 3.34. The van der Waals surface area contributed by atoms with Gasteiger partial charge in [0, 0.05) is 17.2 Å². The Labute approximate surface area is 139 Å². The number of hydrogen-bond donors (Lipinski definition) is 0. The van der Waals surface area contributed by atoms with Crippen molar-refractivity contribution in [1.82, 2.24) is 0 Å². The third-order valence-electron chi connectivity index (χ3n) is 3.34. The molecule has 1 unspecified atom stereocenters. The first-order valence-electron chi connectivity index (χ1n) is 7.32. The molecule has 0 aliphatic rings. The lowest BCUT2D eigenvalue weighted by atomic mass is 10.1. The lowest BCUT2D eigenvalue weighted by molar-refractivity contribution is -0.140. The maximum Gasteiger partial charge on any atom is 0.331 e. The highest BCUT2D eigenvalue weighted by Crippen LogP contribution is 2.14. The molecule has 0 N–H and O–H groups in total. The molecule has 24 heavy (non-hydrogen) atoms. The molecule has 2 aromatic rings. The average molecular weight is 328 g/mol. The molecule has 0 aliphatic heterocycles. The van der Waals surface area contributed by atoms with E-state index in [1.54, 1.807) is 36.4 Å². The molecule has 1 atom stereocenters. The summed E-state index contributed by atoms with van der Waals surface area (Å²) in [5.41, 5.74) is 0.678. The van der Waals surface area contributed by atoms with E-state index in [2.05, 4.69) is 0 Å². The first-order valence-corrected chi connectivity index (χ1v) is 7.32. The quantitative estimate of drug-likeness (QED) is 0.461. The van der Waals surface area contributed by atoms with Gasteiger partial charge in [-0.2, -0.15) is 0 Å². The van der Waals surface area contributed by atoms with Crippen LogP contribution >= 0.6 is 0 Å². The monoisotopic (exact) mass is 328 g/mol. The van der Waals surface area contributed by atoms with Crippen LogP contribution in [0, 0.1) is 5.82 Å². The van der Waals surface area contributed by atoms with Crippen LogP contribution in [0.2, 0.25) is 0 Å². The van der Waals surface area contributed by atoms with Gasteiger partial charge in [0.2, 0.25) is 5.78 Å². The molecular weight excluding hydrogens is 311 g/mol. The molecule has 0 radical (unpaired) electrons. The number of methoxy groups -OCH3 is 1. The van der Waals surface area contributed by atoms with Crippen LogP contribution in [0.15, 0.2) is 54.6 Å². The maximum absolute atomic E-state index is 13.4. The molecular formula is C19H17FO4. The van der Waals surface area contributed by atoms with E-state index < -0.39 is 17.9 Å². The Kier molecular flexibility index (Phi) is 5.84. The Morgan fingerprint density at radius 1 is 1.08 bits per heavy atom. The Bertz CT molecular complexity index is 750. The first kappa shape index (κ1) is 17.4. The molecule has 2 rings (SSSR count). The van der Waals surface area contributed by atoms with Crippen LogP contribution in [0.3, 0.4) is 0 Å². The smallest absolute Gasteiger partial charge is 0.331 e. The summed E-state index contributed by atoms with van der Waals surface area (Å²) in [6.45, 7) is 1.49. The molecule has 0 amide bonds. The topological polar surface area (TPSA) is 52.6 Å². The first-order chi connectivity index (χ1) is 11.5. The van der Waals surface area contributed by atoms with E-state index in [1.165, 1.54) is 32.2 Å². The highest BCUT2D eigenvalue weighted by Gasteiger charge is 2.18. The second-order valence-corrected chi connectivity index (χ2v) is 5.03. The predicted molar refractivity (Wildman–Crippen MR) is 88.3 cm³/mol. The molecule has 4 nitrogen and oxygen atoms in total. The van der Waals surface area contributed by atoms with Crippen molar-refractivity contribution < 1.29 is 23.5 Å². The molecule has 0 aromatic heterocycles. The molecule has 5 heteroatoms. The van der Waals surface area contributed by atoms with E-state index in [4.69, 9.17) is 9.47 Å². The number of hydrogen-bond acceptors (Lipinski definition) is 4. The number of ether oxygens (including phenoxy) is 2. The van der Waals surface area contributed by atoms with Gasteiger partial charge >= 0.3 is 5.97 Å². The van der Waals surface area contributed by atoms with Crippen molar-refractivity contribution in [1.29, 1.82) is 0 Å². The number of benzene rings is 2. The van der Waals surface area contributed by atoms with Gasteiger partial charge in [0.05, 0.1) is 7.11 Å². The van der Waals surface area contributed by atoms with Crippen LogP contribution < -0.4 is 4.74 Å². The number of carbonyl (C=O) groups excluding carboxylic acids is 2. The minimum absolute atomic E-state index is 0.267. The molecule has 0 saturated heterocycles. The van der Waals surface area contributed by atoms with Gasteiger partial charge in [-0.3, -0.25) is 4.79 Å². The van der Waals surface area contributed by atoms with Crippen LogP contribution in [-0.4, -0.2) is 25.0 Å². The predicted octanol–water partition coefficient (Wildman–Crippen LogP) is 3.66. The zero-order valence-corrected chi connectivity index (χ0v) is 13.4. The van der Waals surface area contributed by atoms with Crippen LogP contribution in [0.4, 0.5) is 4.39 Å². The van der Waals surface area contributed by atoms with Crippen molar-refractivity contribution in [2.24, 2.45) is 0 Å². The second-order valence-electron chi connectivity index (χ2n) is 5.03. The normalized spacial score (nSPS) is 12.0. The standard InChI is InChI=1S/C19H17FO4/c1-13(19(22)15-7-10-16(23-2)11-8-15)24-18(21)12-9-14-5-3-4-6-17(14)20/h3-13H,1-2H3/b12-9+. The summed E-state index contributed by atoms with van der Waals surface area (Å²) >= 11 is 0. The van der Waals surface area contributed by atoms with Crippen molar-refractivity contribution >= 4 is 17.8 Å². The van der Waals surface area contributed by atoms with Gasteiger partial charge < -0.3 is 9.47 Å². The Morgan fingerprint density at radius 3 is 2.38 bits per heavy atom. The molecule has 0 aliphatic carbocycles. The van der Waals surface area contributed by atoms with E-state index in [1.807, 2.05) is 0 Å². The summed E-state index contributed by atoms with van der Waals surface area (Å²) in [5.74, 6) is -0.856. The van der Waals surface area contributed by atoms with Gasteiger partial charge in [0.15, 0.2) is 6.10 Å². The number of esters is 1. The highest BCUT2D eigenvalue weighted by molar-refractivity contribution is 6.01. The molecule has 0 saturated carbocycles. The third kappa shape index (κ3) is 4.52. The molecule has 0 spiro atoms. The van der Waals surface area contributed by atoms with Crippen LogP contribution in [0.25, 0.3) is 6.08 Å². The zero-order chi connectivity index (χ0) is 17.5. The minimum atomic E-state index is -0.948. The van der Waals surface area contributed by atoms with Crippen molar-refractivity contribution in [3.05, 3.63) is 71.6 Å². The highest BCUT2D eigenvalue weighted by atomic mass is 19.1. The van der Waals surface area contributed by atoms with Crippen molar-refractivity contribution in [3.63, 3.8) is 0 Å². The summed E-state index contributed by atoms with van der Waals surface area (Å²) in [7, 11) is 1.53. The van der Waals surface area contributed by atoms with E-state index in [0.717, 1.165) is 6.08 Å². The number of carbonyl (C=O) groups is 2. The number of ketones is 1. The van der Waals surface area contributed by atoms with E-state index in [-0.39, 0.29) is 11.3 Å². The molecule has 2 aromatic carbocycles. The lowest BCUT2D eigenvalue weighted by Gasteiger charge is -2.11. The number of Topliss-reactive ketones (excluding diaryl/α,β-unsaturated/α-hetero) is 1. The fourth-order valence-corrected chi connectivity index (χ4v) is 2.03. The summed E-state index contributed by atoms with van der Waals surface area (Å²) < 4.78 is 23.5. The molecule has 0 fully saturated rings. The SMILES string of the molecule is COc1ccc(C(=O)C(C)OC(=O)/C=C/c2ccccc2F)cc1. The van der Waals surface area contributed by atoms with Gasteiger partial charge in [-0.05, 0) is 43.3 Å². The Hall–Kier alpha value is -2.95. The molecule has 0 heterocycles. The van der Waals surface area contributed by atoms with E-state index >= 15 is 0 Å². The van der Waals surface area contributed by atoms with Crippen molar-refractivity contribution in [2.75, 3.05) is 7.11 Å². The van der Waals surface area contributed by atoms with Gasteiger partial charge in [0.1, 0.15) is 11.6 Å². The Morgan fingerprint density at radius 2 is 1.75 bits per heavy atom. The largest absolute Gasteiger partial charge is 0.497 e. The molecule has 0 bridgehead atoms. The number of halogens is 1. The van der Waals surface area contributed by atoms with Gasteiger partial charge in [-0.25, -0.2) is 9.18 Å². The molecule has 124 valence electrons. The van der Waals surface area contributed by atoms with Crippen LogP contribution in [-0.2, 0) is 9.53 Å². The number of rotatable bonds is 6. The van der Waals surface area contributed by atoms with Crippen LogP contribution in [0.5, 0.6) is 5.75 Å². The van der Waals surface area contributed by atoms with Crippen LogP contribution in [0.1, 0.15) is 22.8 Å². The second kappa shape index (κ2) is 8.06. The van der Waals surface area contributed by atoms with Gasteiger partial charge in [0.25, 0.3) is 0 Å². The van der Waals surface area contributed by atoms with E-state index in [9.17, 15) is 14.0 Å². The summed E-state index contributed by atoms with van der Waals surface area (Å²) in [6, 6.07) is 12.5. The fourth-order valence-electron chi connectivity index (χ4n) is 2.03. The average Bonchev–Trinajstić information content (AvgIpc) is 2.60. The summed E-state index contributed by atoms with van der Waals surface area (Å²) in [4.78, 5) is 24.0. The lowest BCUT2D eigenvalue weighted by Crippen LogP contribution is -2.23. The fraction of sp³-hybridized carbons (Fsp3) is 0.158. The summed E-state index contributed by atoms with van der Waals surface area (Å²) in [6.07, 6.45) is 1.45. The minimum Gasteiger partial charge on any atom is -0.497 e. The van der Waals surface area contributed by atoms with Gasteiger partial charge in [-0.15, -0.1) is 0 Å². The van der Waals surface area contributed by atoms with Gasteiger partial charge in [-0.1, -0.05) is 18.2 Å².